The van der Waals surface area contributed by atoms with Crippen molar-refractivity contribution in [2.24, 2.45) is 0 Å². The van der Waals surface area contributed by atoms with Gasteiger partial charge in [0.1, 0.15) is 0 Å². The quantitative estimate of drug-likeness (QED) is 0.751. The van der Waals surface area contributed by atoms with E-state index in [-0.39, 0.29) is 11.9 Å². The number of nitrogens with zero attached hydrogens (tertiary/aromatic N) is 4. The van der Waals surface area contributed by atoms with Gasteiger partial charge in [-0.2, -0.15) is 5.10 Å². The van der Waals surface area contributed by atoms with Crippen LogP contribution < -0.4 is 5.32 Å². The largest absolute Gasteiger partial charge is 0.350 e. The number of pyridine rings is 1. The van der Waals surface area contributed by atoms with Crippen LogP contribution in [0.3, 0.4) is 0 Å². The molecule has 1 atom stereocenters. The van der Waals surface area contributed by atoms with Gasteiger partial charge in [0.2, 0.25) is 0 Å². The maximum absolute atomic E-state index is 12.4. The molecule has 0 bridgehead atoms. The molecule has 0 aliphatic rings. The average molecular weight is 335 g/mol. The van der Waals surface area contributed by atoms with Gasteiger partial charge in [-0.05, 0) is 37.9 Å². The molecular formula is C19H21N5O. The van der Waals surface area contributed by atoms with Crippen molar-refractivity contribution in [3.8, 4) is 5.82 Å². The molecule has 0 aliphatic carbocycles. The Hall–Kier alpha value is -2.99. The summed E-state index contributed by atoms with van der Waals surface area (Å²) in [6, 6.07) is 15.6. The Morgan fingerprint density at radius 1 is 1.16 bits per heavy atom. The number of carbonyl (C=O) groups is 1. The number of carbonyl (C=O) groups excluding carboxylic acids is 1. The molecule has 25 heavy (non-hydrogen) atoms. The highest BCUT2D eigenvalue weighted by Gasteiger charge is 2.15. The van der Waals surface area contributed by atoms with Gasteiger partial charge in [-0.3, -0.25) is 4.79 Å². The smallest absolute Gasteiger partial charge is 0.252 e. The minimum absolute atomic E-state index is 0.112. The molecule has 3 rings (SSSR count). The highest BCUT2D eigenvalue weighted by atomic mass is 16.1. The molecule has 0 aliphatic heterocycles. The Morgan fingerprint density at radius 3 is 2.56 bits per heavy atom. The number of amides is 1. The fourth-order valence-corrected chi connectivity index (χ4v) is 2.63. The van der Waals surface area contributed by atoms with E-state index in [9.17, 15) is 4.79 Å². The Balaban J connectivity index is 1.65. The van der Waals surface area contributed by atoms with Crippen molar-refractivity contribution in [3.63, 3.8) is 0 Å². The number of hydrogen-bond acceptors (Lipinski definition) is 4. The van der Waals surface area contributed by atoms with Gasteiger partial charge < -0.3 is 10.2 Å². The fraction of sp³-hybridized carbons (Fsp3) is 0.211. The number of benzene rings is 1. The lowest BCUT2D eigenvalue weighted by Crippen LogP contribution is -2.34. The van der Waals surface area contributed by atoms with E-state index in [1.54, 1.807) is 29.2 Å². The number of hydrogen-bond donors (Lipinski definition) is 1. The van der Waals surface area contributed by atoms with Crippen molar-refractivity contribution in [1.82, 2.24) is 25.0 Å². The van der Waals surface area contributed by atoms with Crippen LogP contribution in [0.25, 0.3) is 5.82 Å². The van der Waals surface area contributed by atoms with Crippen molar-refractivity contribution >= 4 is 5.91 Å². The summed E-state index contributed by atoms with van der Waals surface area (Å²) in [5, 5.41) is 7.11. The summed E-state index contributed by atoms with van der Waals surface area (Å²) >= 11 is 0. The fourth-order valence-electron chi connectivity index (χ4n) is 2.63. The van der Waals surface area contributed by atoms with E-state index in [1.165, 1.54) is 5.56 Å². The topological polar surface area (TPSA) is 63.1 Å². The van der Waals surface area contributed by atoms with E-state index >= 15 is 0 Å². The first-order valence-electron chi connectivity index (χ1n) is 8.11. The van der Waals surface area contributed by atoms with E-state index in [2.05, 4.69) is 32.4 Å². The second kappa shape index (κ2) is 7.72. The summed E-state index contributed by atoms with van der Waals surface area (Å²) in [6.45, 7) is 0.525. The first-order chi connectivity index (χ1) is 12.1. The predicted octanol–water partition coefficient (Wildman–Crippen LogP) is 2.30. The van der Waals surface area contributed by atoms with E-state index in [0.717, 1.165) is 0 Å². The summed E-state index contributed by atoms with van der Waals surface area (Å²) < 4.78 is 1.65. The van der Waals surface area contributed by atoms with Gasteiger partial charge in [-0.25, -0.2) is 9.67 Å². The predicted molar refractivity (Wildman–Crippen MR) is 96.6 cm³/mol. The van der Waals surface area contributed by atoms with Crippen molar-refractivity contribution in [1.29, 1.82) is 0 Å². The molecule has 6 nitrogen and oxygen atoms in total. The summed E-state index contributed by atoms with van der Waals surface area (Å²) in [5.74, 6) is 0.541. The zero-order chi connectivity index (χ0) is 17.6. The molecule has 0 fully saturated rings. The van der Waals surface area contributed by atoms with Crippen LogP contribution in [-0.4, -0.2) is 46.2 Å². The standard InChI is InChI=1S/C19H21N5O/c1-23(2)17(15-7-4-3-5-8-15)14-21-19(25)16-9-10-18(20-13-16)24-12-6-11-22-24/h3-13,17H,14H2,1-2H3,(H,21,25)/t17-/m1/s1. The van der Waals surface area contributed by atoms with Gasteiger partial charge in [0.15, 0.2) is 5.82 Å². The third kappa shape index (κ3) is 4.10. The maximum Gasteiger partial charge on any atom is 0.252 e. The van der Waals surface area contributed by atoms with E-state index < -0.39 is 0 Å². The summed E-state index contributed by atoms with van der Waals surface area (Å²) in [7, 11) is 4.01. The van der Waals surface area contributed by atoms with Crippen LogP contribution in [0.2, 0.25) is 0 Å². The lowest BCUT2D eigenvalue weighted by molar-refractivity contribution is 0.0941. The molecule has 6 heteroatoms. The first kappa shape index (κ1) is 16.9. The molecular weight excluding hydrogens is 314 g/mol. The van der Waals surface area contributed by atoms with Crippen molar-refractivity contribution in [3.05, 3.63) is 78.2 Å². The monoisotopic (exact) mass is 335 g/mol. The van der Waals surface area contributed by atoms with Crippen molar-refractivity contribution in [2.75, 3.05) is 20.6 Å². The van der Waals surface area contributed by atoms with Crippen molar-refractivity contribution in [2.45, 2.75) is 6.04 Å². The zero-order valence-corrected chi connectivity index (χ0v) is 14.3. The highest BCUT2D eigenvalue weighted by Crippen LogP contribution is 2.17. The summed E-state index contributed by atoms with van der Waals surface area (Å²) in [5.41, 5.74) is 1.70. The van der Waals surface area contributed by atoms with Gasteiger partial charge in [0, 0.05) is 25.1 Å². The van der Waals surface area contributed by atoms with Gasteiger partial charge in [0.25, 0.3) is 5.91 Å². The minimum atomic E-state index is -0.137. The lowest BCUT2D eigenvalue weighted by atomic mass is 10.1. The maximum atomic E-state index is 12.4. The number of rotatable bonds is 6. The van der Waals surface area contributed by atoms with Crippen LogP contribution in [0.15, 0.2) is 67.1 Å². The molecule has 0 radical (unpaired) electrons. The number of nitrogens with one attached hydrogen (secondary N) is 1. The van der Waals surface area contributed by atoms with E-state index in [0.29, 0.717) is 17.9 Å². The van der Waals surface area contributed by atoms with Gasteiger partial charge in [-0.15, -0.1) is 0 Å². The third-order valence-electron chi connectivity index (χ3n) is 4.01. The molecule has 2 aromatic heterocycles. The van der Waals surface area contributed by atoms with Gasteiger partial charge >= 0.3 is 0 Å². The molecule has 1 amide bonds. The molecule has 2 heterocycles. The Kier molecular flexibility index (Phi) is 5.20. The lowest BCUT2D eigenvalue weighted by Gasteiger charge is -2.25. The SMILES string of the molecule is CN(C)[C@H](CNC(=O)c1ccc(-n2cccn2)nc1)c1ccccc1. The number of aromatic nitrogens is 3. The molecule has 0 saturated carbocycles. The first-order valence-corrected chi connectivity index (χ1v) is 8.11. The minimum Gasteiger partial charge on any atom is -0.350 e. The van der Waals surface area contributed by atoms with Crippen LogP contribution in [0.1, 0.15) is 22.0 Å². The molecule has 0 spiro atoms. The molecule has 1 aromatic carbocycles. The Bertz CT molecular complexity index is 798. The normalized spacial score (nSPS) is 12.1. The van der Waals surface area contributed by atoms with Gasteiger partial charge in [0.05, 0.1) is 11.6 Å². The molecule has 3 aromatic rings. The second-order valence-corrected chi connectivity index (χ2v) is 5.96. The highest BCUT2D eigenvalue weighted by molar-refractivity contribution is 5.93. The zero-order valence-electron chi connectivity index (χ0n) is 14.3. The average Bonchev–Trinajstić information content (AvgIpc) is 3.17. The summed E-state index contributed by atoms with van der Waals surface area (Å²) in [6.07, 6.45) is 5.07. The number of likely N-dealkylation sites (N-methyl/N-ethyl adjacent to an activating group) is 1. The van der Waals surface area contributed by atoms with Crippen LogP contribution in [0, 0.1) is 0 Å². The second-order valence-electron chi connectivity index (χ2n) is 5.96. The van der Waals surface area contributed by atoms with Crippen LogP contribution in [0.4, 0.5) is 0 Å². The third-order valence-corrected chi connectivity index (χ3v) is 4.01. The van der Waals surface area contributed by atoms with E-state index in [4.69, 9.17) is 0 Å². The molecule has 128 valence electrons. The van der Waals surface area contributed by atoms with Crippen LogP contribution >= 0.6 is 0 Å². The Labute approximate surface area is 147 Å². The molecule has 1 N–H and O–H groups in total. The molecule has 0 saturated heterocycles. The Morgan fingerprint density at radius 2 is 1.96 bits per heavy atom. The summed E-state index contributed by atoms with van der Waals surface area (Å²) in [4.78, 5) is 18.8. The van der Waals surface area contributed by atoms with Gasteiger partial charge in [-0.1, -0.05) is 30.3 Å². The van der Waals surface area contributed by atoms with E-state index in [1.807, 2.05) is 44.6 Å². The van der Waals surface area contributed by atoms with Crippen molar-refractivity contribution < 1.29 is 4.79 Å². The van der Waals surface area contributed by atoms with Crippen LogP contribution in [-0.2, 0) is 0 Å². The van der Waals surface area contributed by atoms with Crippen LogP contribution in [0.5, 0.6) is 0 Å². The molecule has 0 unspecified atom stereocenters.